The summed E-state index contributed by atoms with van der Waals surface area (Å²) in [5.41, 5.74) is 3.44. The molecule has 0 amide bonds. The minimum atomic E-state index is -0.553. The Morgan fingerprint density at radius 3 is 2.06 bits per heavy atom. The second-order valence-electron chi connectivity index (χ2n) is 9.03. The monoisotopic (exact) mass is 434 g/mol. The molecule has 4 rings (SSSR count). The Bertz CT molecular complexity index is 949. The van der Waals surface area contributed by atoms with E-state index >= 15 is 0 Å². The van der Waals surface area contributed by atoms with Gasteiger partial charge in [0.25, 0.3) is 0 Å². The van der Waals surface area contributed by atoms with Crippen molar-refractivity contribution >= 4 is 0 Å². The van der Waals surface area contributed by atoms with Gasteiger partial charge in [0.15, 0.2) is 0 Å². The largest absolute Gasteiger partial charge is 0.491 e. The van der Waals surface area contributed by atoms with Crippen LogP contribution in [0.2, 0.25) is 0 Å². The van der Waals surface area contributed by atoms with Crippen molar-refractivity contribution in [3.05, 3.63) is 90.2 Å². The number of aliphatic hydroxyl groups is 1. The maximum Gasteiger partial charge on any atom is 0.137 e. The molecule has 1 atom stereocenters. The van der Waals surface area contributed by atoms with E-state index in [4.69, 9.17) is 4.74 Å². The van der Waals surface area contributed by atoms with Crippen LogP contribution in [0.15, 0.2) is 78.9 Å². The number of halogens is 1. The predicted octanol–water partition coefficient (Wildman–Crippen LogP) is 5.82. The smallest absolute Gasteiger partial charge is 0.137 e. The molecule has 1 fully saturated rings. The topological polar surface area (TPSA) is 29.5 Å². The molecule has 1 unspecified atom stereocenters. The number of hydrogen-bond acceptors (Lipinski definition) is 2. The summed E-state index contributed by atoms with van der Waals surface area (Å²) >= 11 is 0. The summed E-state index contributed by atoms with van der Waals surface area (Å²) in [6.07, 6.45) is 4.25. The summed E-state index contributed by atoms with van der Waals surface area (Å²) in [7, 11) is 0. The van der Waals surface area contributed by atoms with Gasteiger partial charge in [0.2, 0.25) is 0 Å². The summed E-state index contributed by atoms with van der Waals surface area (Å²) in [6, 6.07) is 25.1. The van der Waals surface area contributed by atoms with E-state index in [2.05, 4.69) is 24.3 Å². The first-order chi connectivity index (χ1) is 15.6. The van der Waals surface area contributed by atoms with Crippen LogP contribution in [0.3, 0.4) is 0 Å². The molecule has 3 nitrogen and oxygen atoms in total. The van der Waals surface area contributed by atoms with Gasteiger partial charge in [-0.1, -0.05) is 54.6 Å². The molecule has 1 saturated heterocycles. The maximum atomic E-state index is 13.4. The molecular weight excluding hydrogens is 401 g/mol. The van der Waals surface area contributed by atoms with E-state index in [1.54, 1.807) is 0 Å². The predicted molar refractivity (Wildman–Crippen MR) is 127 cm³/mol. The number of likely N-dealkylation sites (tertiary alicyclic amines) is 1. The highest BCUT2D eigenvalue weighted by Gasteiger charge is 2.32. The number of benzene rings is 3. The minimum absolute atomic E-state index is 0.206. The Balaban J connectivity index is 1.37. The van der Waals surface area contributed by atoms with Gasteiger partial charge >= 0.3 is 0 Å². The van der Waals surface area contributed by atoms with Gasteiger partial charge in [-0.3, -0.25) is 0 Å². The van der Waals surface area contributed by atoms with E-state index in [0.717, 1.165) is 53.8 Å². The average Bonchev–Trinajstić information content (AvgIpc) is 3.05. The highest BCUT2D eigenvalue weighted by molar-refractivity contribution is 5.63. The third kappa shape index (κ3) is 6.18. The van der Waals surface area contributed by atoms with Crippen LogP contribution >= 0.6 is 0 Å². The molecule has 0 spiro atoms. The van der Waals surface area contributed by atoms with Crippen molar-refractivity contribution in [2.24, 2.45) is 0 Å². The van der Waals surface area contributed by atoms with Crippen LogP contribution in [-0.2, 0) is 6.54 Å². The van der Waals surface area contributed by atoms with E-state index in [9.17, 15) is 9.50 Å². The van der Waals surface area contributed by atoms with Gasteiger partial charge in [0, 0.05) is 5.56 Å². The number of ether oxygens (including phenoxy) is 1. The Kier molecular flexibility index (Phi) is 7.56. The summed E-state index contributed by atoms with van der Waals surface area (Å²) in [5.74, 6) is 0.563. The fraction of sp³-hybridized carbons (Fsp3) is 0.357. The number of quaternary nitrogens is 1. The molecule has 0 bridgehead atoms. The number of rotatable bonds is 8. The first-order valence-electron chi connectivity index (χ1n) is 11.7. The Labute approximate surface area is 190 Å². The molecule has 1 aliphatic rings. The third-order valence-corrected chi connectivity index (χ3v) is 6.45. The van der Waals surface area contributed by atoms with Crippen LogP contribution in [0.5, 0.6) is 5.75 Å². The molecule has 168 valence electrons. The van der Waals surface area contributed by atoms with E-state index in [-0.39, 0.29) is 12.4 Å². The highest BCUT2D eigenvalue weighted by Crippen LogP contribution is 2.25. The van der Waals surface area contributed by atoms with Crippen LogP contribution in [0, 0.1) is 5.82 Å². The lowest BCUT2D eigenvalue weighted by molar-refractivity contribution is -0.942. The molecule has 3 aromatic rings. The lowest BCUT2D eigenvalue weighted by atomic mass is 10.1. The van der Waals surface area contributed by atoms with Crippen LogP contribution in [0.25, 0.3) is 11.1 Å². The van der Waals surface area contributed by atoms with Crippen molar-refractivity contribution < 1.29 is 18.7 Å². The molecule has 0 aliphatic carbocycles. The first kappa shape index (κ1) is 22.5. The van der Waals surface area contributed by atoms with Crippen molar-refractivity contribution in [1.82, 2.24) is 0 Å². The molecular formula is C28H33FNO2+. The van der Waals surface area contributed by atoms with Crippen molar-refractivity contribution in [2.45, 2.75) is 38.3 Å². The quantitative estimate of drug-likeness (QED) is 0.453. The van der Waals surface area contributed by atoms with Gasteiger partial charge in [0.05, 0.1) is 13.1 Å². The van der Waals surface area contributed by atoms with E-state index in [1.807, 2.05) is 42.5 Å². The van der Waals surface area contributed by atoms with E-state index in [0.29, 0.717) is 6.54 Å². The lowest BCUT2D eigenvalue weighted by Crippen LogP contribution is -2.53. The molecule has 1 N–H and O–H groups in total. The molecule has 0 saturated carbocycles. The molecule has 0 aromatic heterocycles. The molecule has 1 aliphatic heterocycles. The van der Waals surface area contributed by atoms with Crippen molar-refractivity contribution in [3.8, 4) is 16.9 Å². The lowest BCUT2D eigenvalue weighted by Gasteiger charge is -2.39. The van der Waals surface area contributed by atoms with Crippen molar-refractivity contribution in [3.63, 3.8) is 0 Å². The van der Waals surface area contributed by atoms with Crippen LogP contribution in [0.1, 0.15) is 31.2 Å². The highest BCUT2D eigenvalue weighted by atomic mass is 19.1. The molecule has 3 aromatic carbocycles. The number of aliphatic hydroxyl groups excluding tert-OH is 1. The second-order valence-corrected chi connectivity index (χ2v) is 9.03. The number of nitrogens with zero attached hydrogens (tertiary/aromatic N) is 1. The summed E-state index contributed by atoms with van der Waals surface area (Å²) in [6.45, 7) is 3.83. The molecule has 4 heteroatoms. The fourth-order valence-corrected chi connectivity index (χ4v) is 4.81. The zero-order valence-electron chi connectivity index (χ0n) is 18.6. The summed E-state index contributed by atoms with van der Waals surface area (Å²) < 4.78 is 20.1. The van der Waals surface area contributed by atoms with Gasteiger partial charge < -0.3 is 14.3 Å². The fourth-order valence-electron chi connectivity index (χ4n) is 4.81. The Morgan fingerprint density at radius 1 is 0.781 bits per heavy atom. The van der Waals surface area contributed by atoms with Crippen LogP contribution in [0.4, 0.5) is 4.39 Å². The van der Waals surface area contributed by atoms with Gasteiger partial charge in [-0.05, 0) is 61.1 Å². The standard InChI is InChI=1S/C28H33FNO2/c29-26-14-10-23(11-15-26)20-30(18-6-1-2-7-19-30)21-27(31)22-32-28-16-12-25(13-17-28)24-8-4-3-5-9-24/h3-5,8-17,27,31H,1-2,6-7,18-22H2/q+1. The minimum Gasteiger partial charge on any atom is -0.491 e. The number of hydrogen-bond donors (Lipinski definition) is 1. The Hall–Kier alpha value is -2.69. The van der Waals surface area contributed by atoms with Gasteiger partial charge in [-0.2, -0.15) is 0 Å². The maximum absolute atomic E-state index is 13.4. The SMILES string of the molecule is OC(COc1ccc(-c2ccccc2)cc1)C[N+]1(Cc2ccc(F)cc2)CCCCCC1. The molecule has 0 radical (unpaired) electrons. The average molecular weight is 435 g/mol. The molecule has 32 heavy (non-hydrogen) atoms. The van der Waals surface area contributed by atoms with Crippen molar-refractivity contribution in [1.29, 1.82) is 0 Å². The third-order valence-electron chi connectivity index (χ3n) is 6.45. The summed E-state index contributed by atoms with van der Waals surface area (Å²) in [5, 5.41) is 10.9. The zero-order valence-corrected chi connectivity index (χ0v) is 18.6. The Morgan fingerprint density at radius 2 is 1.41 bits per heavy atom. The summed E-state index contributed by atoms with van der Waals surface area (Å²) in [4.78, 5) is 0. The van der Waals surface area contributed by atoms with Gasteiger partial charge in [0.1, 0.15) is 37.4 Å². The first-order valence-corrected chi connectivity index (χ1v) is 11.7. The van der Waals surface area contributed by atoms with Crippen LogP contribution in [-0.4, -0.2) is 41.9 Å². The van der Waals surface area contributed by atoms with Crippen molar-refractivity contribution in [2.75, 3.05) is 26.2 Å². The molecule has 1 heterocycles. The van der Waals surface area contributed by atoms with E-state index in [1.165, 1.54) is 30.5 Å². The van der Waals surface area contributed by atoms with Gasteiger partial charge in [-0.25, -0.2) is 4.39 Å². The van der Waals surface area contributed by atoms with Gasteiger partial charge in [-0.15, -0.1) is 0 Å². The van der Waals surface area contributed by atoms with E-state index < -0.39 is 6.10 Å². The normalized spacial score (nSPS) is 16.8. The van der Waals surface area contributed by atoms with Crippen LogP contribution < -0.4 is 4.74 Å². The zero-order chi connectivity index (χ0) is 22.2. The second kappa shape index (κ2) is 10.8.